The summed E-state index contributed by atoms with van der Waals surface area (Å²) >= 11 is 3.42. The van der Waals surface area contributed by atoms with E-state index in [1.165, 1.54) is 0 Å². The molecule has 2 rings (SSSR count). The Morgan fingerprint density at radius 1 is 1.47 bits per heavy atom. The molecular weight excluding hydrogens is 256 g/mol. The minimum absolute atomic E-state index is 0.712. The number of nitrogens with zero attached hydrogens (tertiary/aromatic N) is 3. The van der Waals surface area contributed by atoms with Crippen LogP contribution in [0.3, 0.4) is 0 Å². The molecule has 0 spiro atoms. The van der Waals surface area contributed by atoms with E-state index in [2.05, 4.69) is 31.3 Å². The van der Waals surface area contributed by atoms with Gasteiger partial charge in [-0.2, -0.15) is 5.10 Å². The Balaban J connectivity index is 2.02. The maximum Gasteiger partial charge on any atom is 0.0815 e. The lowest BCUT2D eigenvalue weighted by Crippen LogP contribution is -2.01. The van der Waals surface area contributed by atoms with Crippen LogP contribution < -0.4 is 5.32 Å². The molecule has 0 bridgehead atoms. The number of halogens is 1. The molecule has 78 valence electrons. The van der Waals surface area contributed by atoms with Gasteiger partial charge < -0.3 is 5.32 Å². The summed E-state index contributed by atoms with van der Waals surface area (Å²) in [5.74, 6) is 0. The van der Waals surface area contributed by atoms with Gasteiger partial charge in [0.1, 0.15) is 0 Å². The highest BCUT2D eigenvalue weighted by Gasteiger charge is 2.00. The minimum atomic E-state index is 0.712. The van der Waals surface area contributed by atoms with Gasteiger partial charge in [-0.15, -0.1) is 0 Å². The summed E-state index contributed by atoms with van der Waals surface area (Å²) in [4.78, 5) is 4.00. The third kappa shape index (κ3) is 2.56. The predicted octanol–water partition coefficient (Wildman–Crippen LogP) is 2.19. The number of hydrogen-bond acceptors (Lipinski definition) is 3. The van der Waals surface area contributed by atoms with Crippen molar-refractivity contribution in [1.29, 1.82) is 0 Å². The lowest BCUT2D eigenvalue weighted by Gasteiger charge is -2.05. The number of anilines is 1. The SMILES string of the molecule is Cn1ccc(CNc2ccncc2Br)n1. The molecule has 0 unspecified atom stereocenters. The summed E-state index contributed by atoms with van der Waals surface area (Å²) in [6, 6.07) is 3.91. The second-order valence-electron chi connectivity index (χ2n) is 3.19. The first kappa shape index (κ1) is 10.2. The van der Waals surface area contributed by atoms with Gasteiger partial charge in [-0.05, 0) is 28.1 Å². The molecular formula is C10H11BrN4. The van der Waals surface area contributed by atoms with Gasteiger partial charge >= 0.3 is 0 Å². The van der Waals surface area contributed by atoms with Gasteiger partial charge in [-0.1, -0.05) is 0 Å². The molecule has 2 aromatic rings. The molecule has 4 nitrogen and oxygen atoms in total. The average molecular weight is 267 g/mol. The number of rotatable bonds is 3. The number of nitrogens with one attached hydrogen (secondary N) is 1. The van der Waals surface area contributed by atoms with Crippen molar-refractivity contribution < 1.29 is 0 Å². The highest BCUT2D eigenvalue weighted by atomic mass is 79.9. The minimum Gasteiger partial charge on any atom is -0.378 e. The zero-order chi connectivity index (χ0) is 10.7. The van der Waals surface area contributed by atoms with Crippen LogP contribution in [0, 0.1) is 0 Å². The van der Waals surface area contributed by atoms with Crippen LogP contribution in [0.2, 0.25) is 0 Å². The van der Waals surface area contributed by atoms with Crippen molar-refractivity contribution in [3.63, 3.8) is 0 Å². The van der Waals surface area contributed by atoms with E-state index in [0.717, 1.165) is 15.9 Å². The van der Waals surface area contributed by atoms with Gasteiger partial charge in [-0.3, -0.25) is 9.67 Å². The van der Waals surface area contributed by atoms with E-state index in [4.69, 9.17) is 0 Å². The summed E-state index contributed by atoms with van der Waals surface area (Å²) in [6.45, 7) is 0.712. The molecule has 1 N–H and O–H groups in total. The van der Waals surface area contributed by atoms with Crippen LogP contribution in [0.15, 0.2) is 35.2 Å². The van der Waals surface area contributed by atoms with E-state index in [1.807, 2.05) is 25.4 Å². The number of aryl methyl sites for hydroxylation is 1. The highest BCUT2D eigenvalue weighted by Crippen LogP contribution is 2.20. The molecule has 0 fully saturated rings. The zero-order valence-electron chi connectivity index (χ0n) is 8.31. The molecule has 0 amide bonds. The summed E-state index contributed by atoms with van der Waals surface area (Å²) < 4.78 is 2.75. The van der Waals surface area contributed by atoms with Crippen molar-refractivity contribution in [3.8, 4) is 0 Å². The summed E-state index contributed by atoms with van der Waals surface area (Å²) in [5, 5.41) is 7.56. The molecule has 0 saturated heterocycles. The third-order valence-electron chi connectivity index (χ3n) is 2.00. The second kappa shape index (κ2) is 4.44. The maximum absolute atomic E-state index is 4.28. The third-order valence-corrected chi connectivity index (χ3v) is 2.63. The smallest absolute Gasteiger partial charge is 0.0815 e. The lowest BCUT2D eigenvalue weighted by molar-refractivity contribution is 0.747. The van der Waals surface area contributed by atoms with Gasteiger partial charge in [0.15, 0.2) is 0 Å². The van der Waals surface area contributed by atoms with E-state index < -0.39 is 0 Å². The molecule has 0 aromatic carbocycles. The Hall–Kier alpha value is -1.36. The van der Waals surface area contributed by atoms with Crippen molar-refractivity contribution in [3.05, 3.63) is 40.9 Å². The standard InChI is InChI=1S/C10H11BrN4/c1-15-5-3-8(14-15)6-13-10-2-4-12-7-9(10)11/h2-5,7H,6H2,1H3,(H,12,13). The molecule has 0 aliphatic rings. The Labute approximate surface area is 96.5 Å². The van der Waals surface area contributed by atoms with Crippen LogP contribution in [0.1, 0.15) is 5.69 Å². The zero-order valence-corrected chi connectivity index (χ0v) is 9.90. The van der Waals surface area contributed by atoms with Crippen molar-refractivity contribution in [2.45, 2.75) is 6.54 Å². The molecule has 5 heteroatoms. The first-order valence-corrected chi connectivity index (χ1v) is 5.37. The first-order valence-electron chi connectivity index (χ1n) is 4.57. The Bertz CT molecular complexity index is 452. The quantitative estimate of drug-likeness (QED) is 0.926. The topological polar surface area (TPSA) is 42.7 Å². The number of pyridine rings is 1. The van der Waals surface area contributed by atoms with Gasteiger partial charge in [0.2, 0.25) is 0 Å². The Morgan fingerprint density at radius 2 is 2.33 bits per heavy atom. The fourth-order valence-electron chi connectivity index (χ4n) is 1.26. The molecule has 15 heavy (non-hydrogen) atoms. The molecule has 0 aliphatic carbocycles. The monoisotopic (exact) mass is 266 g/mol. The summed E-state index contributed by atoms with van der Waals surface area (Å²) in [5.41, 5.74) is 2.04. The number of hydrogen-bond donors (Lipinski definition) is 1. The first-order chi connectivity index (χ1) is 7.25. The second-order valence-corrected chi connectivity index (χ2v) is 4.04. The van der Waals surface area contributed by atoms with Crippen molar-refractivity contribution in [1.82, 2.24) is 14.8 Å². The van der Waals surface area contributed by atoms with Crippen LogP contribution >= 0.6 is 15.9 Å². The average Bonchev–Trinajstić information content (AvgIpc) is 2.63. The van der Waals surface area contributed by atoms with Crippen molar-refractivity contribution in [2.24, 2.45) is 7.05 Å². The van der Waals surface area contributed by atoms with E-state index in [9.17, 15) is 0 Å². The van der Waals surface area contributed by atoms with E-state index in [1.54, 1.807) is 17.1 Å². The van der Waals surface area contributed by atoms with E-state index >= 15 is 0 Å². The van der Waals surface area contributed by atoms with Crippen LogP contribution in [0.5, 0.6) is 0 Å². The molecule has 0 saturated carbocycles. The lowest BCUT2D eigenvalue weighted by atomic mass is 10.3. The highest BCUT2D eigenvalue weighted by molar-refractivity contribution is 9.10. The van der Waals surface area contributed by atoms with Gasteiger partial charge in [-0.25, -0.2) is 0 Å². The fourth-order valence-corrected chi connectivity index (χ4v) is 1.65. The molecule has 0 aliphatic heterocycles. The molecule has 2 heterocycles. The summed E-state index contributed by atoms with van der Waals surface area (Å²) in [6.07, 6.45) is 5.45. The molecule has 0 atom stereocenters. The predicted molar refractivity (Wildman–Crippen MR) is 62.5 cm³/mol. The van der Waals surface area contributed by atoms with Crippen LogP contribution in [0.25, 0.3) is 0 Å². The maximum atomic E-state index is 4.28. The van der Waals surface area contributed by atoms with Crippen LogP contribution in [0.4, 0.5) is 5.69 Å². The van der Waals surface area contributed by atoms with Gasteiger partial charge in [0, 0.05) is 25.6 Å². The normalized spacial score (nSPS) is 10.3. The van der Waals surface area contributed by atoms with Crippen molar-refractivity contribution in [2.75, 3.05) is 5.32 Å². The van der Waals surface area contributed by atoms with Crippen molar-refractivity contribution >= 4 is 21.6 Å². The summed E-state index contributed by atoms with van der Waals surface area (Å²) in [7, 11) is 1.91. The van der Waals surface area contributed by atoms with Gasteiger partial charge in [0.25, 0.3) is 0 Å². The van der Waals surface area contributed by atoms with Crippen LogP contribution in [-0.4, -0.2) is 14.8 Å². The van der Waals surface area contributed by atoms with E-state index in [-0.39, 0.29) is 0 Å². The Morgan fingerprint density at radius 3 is 3.00 bits per heavy atom. The number of aromatic nitrogens is 3. The fraction of sp³-hybridized carbons (Fsp3) is 0.200. The van der Waals surface area contributed by atoms with E-state index in [0.29, 0.717) is 6.54 Å². The van der Waals surface area contributed by atoms with Crippen LogP contribution in [-0.2, 0) is 13.6 Å². The molecule has 0 radical (unpaired) electrons. The molecule has 2 aromatic heterocycles. The largest absolute Gasteiger partial charge is 0.378 e. The Kier molecular flexibility index (Phi) is 3.01. The van der Waals surface area contributed by atoms with Gasteiger partial charge in [0.05, 0.1) is 22.4 Å².